The van der Waals surface area contributed by atoms with Crippen LogP contribution in [0.15, 0.2) is 0 Å². The van der Waals surface area contributed by atoms with Crippen molar-refractivity contribution in [1.82, 2.24) is 0 Å². The largest absolute Gasteiger partial charge is 0.393 e. The third kappa shape index (κ3) is 1.08. The van der Waals surface area contributed by atoms with E-state index < -0.39 is 10.6 Å². The van der Waals surface area contributed by atoms with Gasteiger partial charge in [-0.3, -0.25) is 0 Å². The van der Waals surface area contributed by atoms with E-state index in [2.05, 4.69) is 0 Å². The van der Waals surface area contributed by atoms with Crippen LogP contribution in [-0.4, -0.2) is 22.7 Å². The highest BCUT2D eigenvalue weighted by Crippen LogP contribution is 2.67. The molecule has 0 aliphatic carbocycles. The highest BCUT2D eigenvalue weighted by Gasteiger charge is 2.41. The minimum atomic E-state index is -1.03. The molecule has 3 nitrogen and oxygen atoms in total. The second kappa shape index (κ2) is 1.85. The van der Waals surface area contributed by atoms with E-state index >= 15 is 0 Å². The molecule has 0 amide bonds. The summed E-state index contributed by atoms with van der Waals surface area (Å²) in [7, 11) is -1.03. The number of rotatable bonds is 0. The predicted molar refractivity (Wildman–Crippen MR) is 34.7 cm³/mol. The molecule has 9 heavy (non-hydrogen) atoms. The molecule has 1 spiro atoms. The minimum absolute atomic E-state index is 0.101. The average molecular weight is 150 g/mol. The van der Waals surface area contributed by atoms with Gasteiger partial charge in [0.2, 0.25) is 0 Å². The molecule has 2 rings (SSSR count). The zero-order chi connectivity index (χ0) is 6.32. The predicted octanol–water partition coefficient (Wildman–Crippen LogP) is 0.738. The van der Waals surface area contributed by atoms with Crippen LogP contribution >= 0.6 is 10.6 Å². The Hall–Kier alpha value is 0.230. The van der Waals surface area contributed by atoms with E-state index in [1.807, 2.05) is 0 Å². The summed E-state index contributed by atoms with van der Waals surface area (Å²) in [5, 5.41) is 9.07. The maximum Gasteiger partial charge on any atom is 0.0570 e. The SMILES string of the molecule is OC1CCS2(CC1)OO2. The van der Waals surface area contributed by atoms with Crippen molar-refractivity contribution in [3.05, 3.63) is 0 Å². The van der Waals surface area contributed by atoms with Crippen LogP contribution in [0.3, 0.4) is 0 Å². The number of hydrogen-bond acceptors (Lipinski definition) is 3. The van der Waals surface area contributed by atoms with Gasteiger partial charge in [-0.05, 0) is 12.8 Å². The first-order chi connectivity index (χ1) is 4.31. The summed E-state index contributed by atoms with van der Waals surface area (Å²) in [5.41, 5.74) is 0. The van der Waals surface area contributed by atoms with E-state index in [4.69, 9.17) is 13.8 Å². The molecule has 0 radical (unpaired) electrons. The van der Waals surface area contributed by atoms with Gasteiger partial charge in [0.25, 0.3) is 0 Å². The van der Waals surface area contributed by atoms with Crippen molar-refractivity contribution in [3.63, 3.8) is 0 Å². The molecule has 0 bridgehead atoms. The van der Waals surface area contributed by atoms with Gasteiger partial charge in [-0.2, -0.15) is 0 Å². The molecule has 4 heteroatoms. The van der Waals surface area contributed by atoms with Crippen LogP contribution < -0.4 is 0 Å². The van der Waals surface area contributed by atoms with Crippen LogP contribution in [0.2, 0.25) is 0 Å². The monoisotopic (exact) mass is 150 g/mol. The van der Waals surface area contributed by atoms with Crippen molar-refractivity contribution in [3.8, 4) is 0 Å². The summed E-state index contributed by atoms with van der Waals surface area (Å²) in [5.74, 6) is 1.88. The van der Waals surface area contributed by atoms with Crippen LogP contribution in [0, 0.1) is 0 Å². The van der Waals surface area contributed by atoms with Crippen LogP contribution in [0.4, 0.5) is 0 Å². The summed E-state index contributed by atoms with van der Waals surface area (Å²) in [6, 6.07) is 0. The molecule has 54 valence electrons. The molecule has 0 aromatic rings. The highest BCUT2D eigenvalue weighted by molar-refractivity contribution is 8.29. The Balaban J connectivity index is 1.91. The van der Waals surface area contributed by atoms with E-state index in [1.165, 1.54) is 0 Å². The maximum absolute atomic E-state index is 9.07. The Morgan fingerprint density at radius 2 is 1.78 bits per heavy atom. The zero-order valence-corrected chi connectivity index (χ0v) is 5.89. The van der Waals surface area contributed by atoms with Gasteiger partial charge >= 0.3 is 0 Å². The molecule has 2 aliphatic heterocycles. The standard InChI is InChI=1S/C5H10O3S/c6-5-1-3-9(4-2-5)7-8-9/h5-6H,1-4H2. The molecular formula is C5H10O3S. The Morgan fingerprint density at radius 1 is 1.22 bits per heavy atom. The van der Waals surface area contributed by atoms with Crippen LogP contribution in [0.1, 0.15) is 12.8 Å². The summed E-state index contributed by atoms with van der Waals surface area (Å²) in [6.45, 7) is 0. The van der Waals surface area contributed by atoms with Gasteiger partial charge in [0, 0.05) is 11.5 Å². The van der Waals surface area contributed by atoms with Gasteiger partial charge in [-0.25, -0.2) is 0 Å². The van der Waals surface area contributed by atoms with E-state index in [1.54, 1.807) is 0 Å². The Kier molecular flexibility index (Phi) is 1.23. The van der Waals surface area contributed by atoms with Crippen LogP contribution in [0.25, 0.3) is 0 Å². The number of hydrogen-bond donors (Lipinski definition) is 1. The molecule has 0 aromatic heterocycles. The fourth-order valence-corrected chi connectivity index (χ4v) is 3.11. The number of aliphatic hydroxyl groups is 1. The summed E-state index contributed by atoms with van der Waals surface area (Å²) in [4.78, 5) is 0. The molecule has 0 atom stereocenters. The Morgan fingerprint density at radius 3 is 2.22 bits per heavy atom. The Bertz CT molecular complexity index is 113. The normalized spacial score (nSPS) is 36.6. The first kappa shape index (κ1) is 5.97. The van der Waals surface area contributed by atoms with E-state index in [0.717, 1.165) is 24.3 Å². The van der Waals surface area contributed by atoms with Crippen molar-refractivity contribution in [2.45, 2.75) is 18.9 Å². The van der Waals surface area contributed by atoms with Gasteiger partial charge in [0.05, 0.1) is 6.10 Å². The molecule has 2 aliphatic rings. The molecule has 1 N–H and O–H groups in total. The molecule has 0 unspecified atom stereocenters. The fourth-order valence-electron chi connectivity index (χ4n) is 1.05. The first-order valence-corrected chi connectivity index (χ1v) is 4.97. The van der Waals surface area contributed by atoms with E-state index in [9.17, 15) is 0 Å². The highest BCUT2D eigenvalue weighted by atomic mass is 32.3. The van der Waals surface area contributed by atoms with Crippen LogP contribution in [0.5, 0.6) is 0 Å². The zero-order valence-electron chi connectivity index (χ0n) is 5.08. The van der Waals surface area contributed by atoms with Gasteiger partial charge in [-0.1, -0.05) is 0 Å². The van der Waals surface area contributed by atoms with E-state index in [0.29, 0.717) is 0 Å². The lowest BCUT2D eigenvalue weighted by atomic mass is 10.2. The third-order valence-electron chi connectivity index (χ3n) is 1.78. The lowest BCUT2D eigenvalue weighted by Crippen LogP contribution is -2.18. The van der Waals surface area contributed by atoms with Crippen molar-refractivity contribution in [1.29, 1.82) is 0 Å². The second-order valence-electron chi connectivity index (χ2n) is 2.52. The van der Waals surface area contributed by atoms with Crippen molar-refractivity contribution < 1.29 is 13.8 Å². The molecule has 0 saturated carbocycles. The topological polar surface area (TPSA) is 45.3 Å². The molecule has 2 fully saturated rings. The van der Waals surface area contributed by atoms with Crippen molar-refractivity contribution >= 4 is 10.6 Å². The van der Waals surface area contributed by atoms with Gasteiger partial charge in [-0.15, -0.1) is 19.3 Å². The lowest BCUT2D eigenvalue weighted by Gasteiger charge is -2.23. The second-order valence-corrected chi connectivity index (χ2v) is 5.09. The lowest BCUT2D eigenvalue weighted by molar-refractivity contribution is 0.0850. The number of aliphatic hydroxyl groups excluding tert-OH is 1. The smallest absolute Gasteiger partial charge is 0.0570 e. The van der Waals surface area contributed by atoms with Crippen LogP contribution in [-0.2, 0) is 8.67 Å². The maximum atomic E-state index is 9.07. The average Bonchev–Trinajstić information content (AvgIpc) is 2.60. The quantitative estimate of drug-likeness (QED) is 0.409. The van der Waals surface area contributed by atoms with Gasteiger partial charge < -0.3 is 5.11 Å². The van der Waals surface area contributed by atoms with Crippen molar-refractivity contribution in [2.24, 2.45) is 0 Å². The molecule has 2 saturated heterocycles. The minimum Gasteiger partial charge on any atom is -0.393 e. The van der Waals surface area contributed by atoms with Gasteiger partial charge in [0.15, 0.2) is 0 Å². The summed E-state index contributed by atoms with van der Waals surface area (Å²) < 4.78 is 9.72. The van der Waals surface area contributed by atoms with Gasteiger partial charge in [0.1, 0.15) is 0 Å². The van der Waals surface area contributed by atoms with Crippen molar-refractivity contribution in [2.75, 3.05) is 11.5 Å². The molecular weight excluding hydrogens is 140 g/mol. The summed E-state index contributed by atoms with van der Waals surface area (Å²) >= 11 is 0. The molecule has 0 aromatic carbocycles. The third-order valence-corrected chi connectivity index (χ3v) is 4.02. The summed E-state index contributed by atoms with van der Waals surface area (Å²) in [6.07, 6.45) is 1.61. The molecule has 2 heterocycles. The first-order valence-electron chi connectivity index (χ1n) is 3.15. The fraction of sp³-hybridized carbons (Fsp3) is 1.00. The Labute approximate surface area is 55.6 Å². The van der Waals surface area contributed by atoms with E-state index in [-0.39, 0.29) is 6.10 Å².